The van der Waals surface area contributed by atoms with Gasteiger partial charge in [-0.3, -0.25) is 0 Å². The molecule has 2 N–H and O–H groups in total. The number of thiophene rings is 1. The van der Waals surface area contributed by atoms with Crippen molar-refractivity contribution in [3.8, 4) is 11.5 Å². The van der Waals surface area contributed by atoms with Gasteiger partial charge in [0.15, 0.2) is 11.5 Å². The van der Waals surface area contributed by atoms with Crippen LogP contribution in [0.3, 0.4) is 0 Å². The number of para-hydroxylation sites is 2. The van der Waals surface area contributed by atoms with Crippen LogP contribution in [0.25, 0.3) is 0 Å². The van der Waals surface area contributed by atoms with Crippen molar-refractivity contribution in [2.75, 3.05) is 13.2 Å². The molecule has 108 valence electrons. The summed E-state index contributed by atoms with van der Waals surface area (Å²) in [5, 5.41) is 2.03. The van der Waals surface area contributed by atoms with Gasteiger partial charge >= 0.3 is 0 Å². The Labute approximate surface area is 131 Å². The molecule has 3 nitrogen and oxygen atoms in total. The molecule has 0 bridgehead atoms. The number of hydrogen-bond acceptors (Lipinski definition) is 4. The van der Waals surface area contributed by atoms with E-state index in [2.05, 4.69) is 22.9 Å². The molecule has 0 fully saturated rings. The predicted molar refractivity (Wildman–Crippen MR) is 86.7 cm³/mol. The summed E-state index contributed by atoms with van der Waals surface area (Å²) in [6, 6.07) is 9.75. The van der Waals surface area contributed by atoms with Crippen LogP contribution in [0.5, 0.6) is 11.5 Å². The van der Waals surface area contributed by atoms with Crippen LogP contribution in [0.4, 0.5) is 0 Å². The Morgan fingerprint density at radius 1 is 1.30 bits per heavy atom. The second-order valence-corrected chi connectivity index (χ2v) is 6.16. The van der Waals surface area contributed by atoms with E-state index in [0.717, 1.165) is 27.3 Å². The van der Waals surface area contributed by atoms with Crippen LogP contribution in [-0.4, -0.2) is 13.2 Å². The largest absolute Gasteiger partial charge is 0.490 e. The maximum absolute atomic E-state index is 6.03. The van der Waals surface area contributed by atoms with Gasteiger partial charge in [-0.15, -0.1) is 11.3 Å². The monoisotopic (exact) mass is 355 g/mol. The molecule has 0 saturated carbocycles. The van der Waals surface area contributed by atoms with E-state index in [0.29, 0.717) is 13.2 Å². The maximum atomic E-state index is 6.03. The first-order valence-corrected chi connectivity index (χ1v) is 8.24. The summed E-state index contributed by atoms with van der Waals surface area (Å²) in [7, 11) is 0. The van der Waals surface area contributed by atoms with E-state index in [1.807, 2.05) is 35.7 Å². The summed E-state index contributed by atoms with van der Waals surface area (Å²) in [6.07, 6.45) is 0.810. The number of benzene rings is 1. The number of halogens is 1. The summed E-state index contributed by atoms with van der Waals surface area (Å²) in [5.41, 5.74) is 5.84. The molecule has 0 aliphatic heterocycles. The van der Waals surface area contributed by atoms with Gasteiger partial charge < -0.3 is 15.2 Å². The van der Waals surface area contributed by atoms with Gasteiger partial charge in [-0.2, -0.15) is 0 Å². The molecule has 1 heterocycles. The molecule has 2 aromatic rings. The van der Waals surface area contributed by atoms with E-state index in [9.17, 15) is 0 Å². The summed E-state index contributed by atoms with van der Waals surface area (Å²) in [5.74, 6) is 1.50. The lowest BCUT2D eigenvalue weighted by Crippen LogP contribution is -2.17. The first-order valence-electron chi connectivity index (χ1n) is 6.57. The lowest BCUT2D eigenvalue weighted by molar-refractivity contribution is 0.201. The molecule has 1 atom stereocenters. The Morgan fingerprint density at radius 2 is 2.05 bits per heavy atom. The van der Waals surface area contributed by atoms with Crippen molar-refractivity contribution in [2.24, 2.45) is 5.73 Å². The SMILES string of the molecule is CCCOc1ccccc1OC(CN)c1cc(Br)cs1. The van der Waals surface area contributed by atoms with Crippen LogP contribution in [0.15, 0.2) is 40.2 Å². The predicted octanol–water partition coefficient (Wildman–Crippen LogP) is 4.38. The topological polar surface area (TPSA) is 44.5 Å². The number of nitrogens with two attached hydrogens (primary N) is 1. The zero-order chi connectivity index (χ0) is 14.4. The molecule has 0 amide bonds. The molecule has 1 aromatic heterocycles. The third kappa shape index (κ3) is 3.98. The summed E-state index contributed by atoms with van der Waals surface area (Å²) >= 11 is 5.09. The third-order valence-corrected chi connectivity index (χ3v) is 4.48. The van der Waals surface area contributed by atoms with Crippen LogP contribution in [-0.2, 0) is 0 Å². The fraction of sp³-hybridized carbons (Fsp3) is 0.333. The molecule has 1 aromatic carbocycles. The second kappa shape index (κ2) is 7.67. The molecule has 5 heteroatoms. The molecule has 0 spiro atoms. The molecule has 0 aliphatic carbocycles. The van der Waals surface area contributed by atoms with Gasteiger partial charge in [-0.25, -0.2) is 0 Å². The summed E-state index contributed by atoms with van der Waals surface area (Å²) in [4.78, 5) is 1.10. The van der Waals surface area contributed by atoms with Gasteiger partial charge in [0.05, 0.1) is 6.61 Å². The van der Waals surface area contributed by atoms with Crippen molar-refractivity contribution in [3.05, 3.63) is 45.1 Å². The zero-order valence-corrected chi connectivity index (χ0v) is 13.7. The molecular formula is C15H18BrNO2S. The molecule has 2 rings (SSSR count). The molecule has 20 heavy (non-hydrogen) atoms. The summed E-state index contributed by atoms with van der Waals surface area (Å²) in [6.45, 7) is 3.18. The minimum atomic E-state index is -0.155. The normalized spacial score (nSPS) is 12.2. The lowest BCUT2D eigenvalue weighted by atomic mass is 10.2. The molecular weight excluding hydrogens is 338 g/mol. The van der Waals surface area contributed by atoms with Crippen molar-refractivity contribution in [1.29, 1.82) is 0 Å². The standard InChI is InChI=1S/C15H18BrNO2S/c1-2-7-18-12-5-3-4-6-13(12)19-14(9-17)15-8-11(16)10-20-15/h3-6,8,10,14H,2,7,9,17H2,1H3. The third-order valence-electron chi connectivity index (χ3n) is 2.70. The first-order chi connectivity index (χ1) is 9.74. The highest BCUT2D eigenvalue weighted by Gasteiger charge is 2.16. The van der Waals surface area contributed by atoms with Crippen molar-refractivity contribution in [1.82, 2.24) is 0 Å². The van der Waals surface area contributed by atoms with Gasteiger partial charge in [0.1, 0.15) is 6.10 Å². The molecule has 0 aliphatic rings. The molecule has 1 unspecified atom stereocenters. The van der Waals surface area contributed by atoms with Gasteiger partial charge in [0.2, 0.25) is 0 Å². The Morgan fingerprint density at radius 3 is 2.65 bits per heavy atom. The Balaban J connectivity index is 2.15. The quantitative estimate of drug-likeness (QED) is 0.801. The highest BCUT2D eigenvalue weighted by molar-refractivity contribution is 9.10. The number of rotatable bonds is 7. The van der Waals surface area contributed by atoms with E-state index in [1.54, 1.807) is 11.3 Å². The van der Waals surface area contributed by atoms with Crippen molar-refractivity contribution in [2.45, 2.75) is 19.4 Å². The Bertz CT molecular complexity index is 544. The minimum Gasteiger partial charge on any atom is -0.490 e. The van der Waals surface area contributed by atoms with E-state index in [4.69, 9.17) is 15.2 Å². The maximum Gasteiger partial charge on any atom is 0.162 e. The van der Waals surface area contributed by atoms with Gasteiger partial charge in [-0.05, 0) is 40.5 Å². The zero-order valence-electron chi connectivity index (χ0n) is 11.3. The smallest absolute Gasteiger partial charge is 0.162 e. The van der Waals surface area contributed by atoms with Gasteiger partial charge in [0, 0.05) is 21.3 Å². The Hall–Kier alpha value is -1.04. The fourth-order valence-electron chi connectivity index (χ4n) is 1.75. The lowest BCUT2D eigenvalue weighted by Gasteiger charge is -2.18. The van der Waals surface area contributed by atoms with Crippen LogP contribution in [0.1, 0.15) is 24.3 Å². The van der Waals surface area contributed by atoms with Crippen LogP contribution < -0.4 is 15.2 Å². The number of ether oxygens (including phenoxy) is 2. The average molecular weight is 356 g/mol. The highest BCUT2D eigenvalue weighted by Crippen LogP contribution is 2.33. The van der Waals surface area contributed by atoms with Gasteiger partial charge in [0.25, 0.3) is 0 Å². The Kier molecular flexibility index (Phi) is 5.88. The van der Waals surface area contributed by atoms with Crippen molar-refractivity contribution >= 4 is 27.3 Å². The fourth-order valence-corrected chi connectivity index (χ4v) is 3.24. The van der Waals surface area contributed by atoms with E-state index < -0.39 is 0 Å². The van der Waals surface area contributed by atoms with E-state index in [1.165, 1.54) is 0 Å². The van der Waals surface area contributed by atoms with E-state index in [-0.39, 0.29) is 6.10 Å². The molecule has 0 radical (unpaired) electrons. The van der Waals surface area contributed by atoms with Crippen molar-refractivity contribution < 1.29 is 9.47 Å². The highest BCUT2D eigenvalue weighted by atomic mass is 79.9. The minimum absolute atomic E-state index is 0.155. The average Bonchev–Trinajstić information content (AvgIpc) is 2.90. The number of hydrogen-bond donors (Lipinski definition) is 1. The molecule has 0 saturated heterocycles. The second-order valence-electron chi connectivity index (χ2n) is 4.30. The summed E-state index contributed by atoms with van der Waals surface area (Å²) < 4.78 is 12.8. The first kappa shape index (κ1) is 15.4. The van der Waals surface area contributed by atoms with E-state index >= 15 is 0 Å². The van der Waals surface area contributed by atoms with Gasteiger partial charge in [-0.1, -0.05) is 19.1 Å². The van der Waals surface area contributed by atoms with Crippen LogP contribution in [0, 0.1) is 0 Å². The van der Waals surface area contributed by atoms with Crippen molar-refractivity contribution in [3.63, 3.8) is 0 Å². The van der Waals surface area contributed by atoms with Crippen LogP contribution >= 0.6 is 27.3 Å². The van der Waals surface area contributed by atoms with Crippen LogP contribution in [0.2, 0.25) is 0 Å².